The minimum absolute atomic E-state index is 0.707. The molecule has 1 heteroatoms. The number of hydrogen-bond acceptors (Lipinski definition) is 0. The minimum atomic E-state index is -0.707. The predicted molar refractivity (Wildman–Crippen MR) is 45.5 cm³/mol. The smallest absolute Gasteiger partial charge is 0.0504 e. The molecule has 0 N–H and O–H groups in total. The van der Waals surface area contributed by atoms with E-state index in [1.54, 1.807) is 6.04 Å². The van der Waals surface area contributed by atoms with Crippen LogP contribution in [-0.2, 0) is 0 Å². The number of hydrogen-bond donors (Lipinski definition) is 0. The van der Waals surface area contributed by atoms with Crippen molar-refractivity contribution in [1.82, 2.24) is 0 Å². The summed E-state index contributed by atoms with van der Waals surface area (Å²) in [5, 5.41) is 0. The lowest BCUT2D eigenvalue weighted by Gasteiger charge is -2.22. The Morgan fingerprint density at radius 1 is 1.22 bits per heavy atom. The summed E-state index contributed by atoms with van der Waals surface area (Å²) in [5.74, 6) is 1.02. The maximum Gasteiger partial charge on any atom is 0.0504 e. The van der Waals surface area contributed by atoms with E-state index in [9.17, 15) is 0 Å². The molecular formula is C8H18Si. The summed E-state index contributed by atoms with van der Waals surface area (Å²) in [6.45, 7) is 9.92. The van der Waals surface area contributed by atoms with Crippen molar-refractivity contribution in [2.45, 2.75) is 44.9 Å². The van der Waals surface area contributed by atoms with Crippen molar-refractivity contribution >= 4 is 8.07 Å². The second kappa shape index (κ2) is 2.12. The molecule has 9 heavy (non-hydrogen) atoms. The van der Waals surface area contributed by atoms with E-state index >= 15 is 0 Å². The highest BCUT2D eigenvalue weighted by Crippen LogP contribution is 2.43. The summed E-state index contributed by atoms with van der Waals surface area (Å²) in [6, 6.07) is 1.56. The largest absolute Gasteiger partial charge is 0.0691 e. The van der Waals surface area contributed by atoms with Gasteiger partial charge in [0.15, 0.2) is 0 Å². The van der Waals surface area contributed by atoms with E-state index in [1.165, 1.54) is 6.42 Å². The lowest BCUT2D eigenvalue weighted by atomic mass is 10.1. The molecule has 1 heterocycles. The fourth-order valence-electron chi connectivity index (χ4n) is 1.85. The van der Waals surface area contributed by atoms with Crippen molar-refractivity contribution in [2.24, 2.45) is 5.92 Å². The summed E-state index contributed by atoms with van der Waals surface area (Å²) in [6.07, 6.45) is 1.50. The second-order valence-electron chi connectivity index (χ2n) is 4.29. The van der Waals surface area contributed by atoms with Crippen LogP contribution in [0.5, 0.6) is 0 Å². The molecule has 0 radical (unpaired) electrons. The maximum atomic E-state index is 2.53. The molecule has 0 nitrogen and oxygen atoms in total. The van der Waals surface area contributed by atoms with E-state index in [0.29, 0.717) is 0 Å². The van der Waals surface area contributed by atoms with E-state index in [2.05, 4.69) is 26.9 Å². The van der Waals surface area contributed by atoms with Gasteiger partial charge in [0.1, 0.15) is 0 Å². The first-order chi connectivity index (χ1) is 4.04. The average Bonchev–Trinajstić information content (AvgIpc) is 1.97. The molecule has 0 saturated carbocycles. The molecule has 0 bridgehead atoms. The summed E-state index contributed by atoms with van der Waals surface area (Å²) in [4.78, 5) is 0. The zero-order valence-corrected chi connectivity index (χ0v) is 8.07. The average molecular weight is 142 g/mol. The third-order valence-electron chi connectivity index (χ3n) is 3.33. The first kappa shape index (κ1) is 7.33. The van der Waals surface area contributed by atoms with Crippen molar-refractivity contribution in [3.63, 3.8) is 0 Å². The fraction of sp³-hybridized carbons (Fsp3) is 1.00. The Morgan fingerprint density at radius 2 is 1.78 bits per heavy atom. The third-order valence-corrected chi connectivity index (χ3v) is 7.94. The molecule has 54 valence electrons. The molecular weight excluding hydrogens is 124 g/mol. The highest BCUT2D eigenvalue weighted by atomic mass is 28.3. The summed E-state index contributed by atoms with van der Waals surface area (Å²) < 4.78 is 0. The van der Waals surface area contributed by atoms with Gasteiger partial charge in [-0.15, -0.1) is 0 Å². The van der Waals surface area contributed by atoms with Gasteiger partial charge in [-0.1, -0.05) is 39.4 Å². The molecule has 1 aliphatic heterocycles. The van der Waals surface area contributed by atoms with Gasteiger partial charge in [-0.3, -0.25) is 0 Å². The van der Waals surface area contributed by atoms with Crippen LogP contribution >= 0.6 is 0 Å². The van der Waals surface area contributed by atoms with Gasteiger partial charge >= 0.3 is 0 Å². The second-order valence-corrected chi connectivity index (χ2v) is 9.68. The molecule has 1 rings (SSSR count). The van der Waals surface area contributed by atoms with Crippen LogP contribution in [0.25, 0.3) is 0 Å². The van der Waals surface area contributed by atoms with Gasteiger partial charge < -0.3 is 0 Å². The van der Waals surface area contributed by atoms with Crippen LogP contribution < -0.4 is 0 Å². The molecule has 0 aromatic rings. The summed E-state index contributed by atoms with van der Waals surface area (Å²) in [7, 11) is -0.707. The van der Waals surface area contributed by atoms with Gasteiger partial charge in [0.05, 0.1) is 8.07 Å². The van der Waals surface area contributed by atoms with Crippen LogP contribution in [0, 0.1) is 5.92 Å². The highest BCUT2D eigenvalue weighted by Gasteiger charge is 2.37. The molecule has 1 fully saturated rings. The van der Waals surface area contributed by atoms with Gasteiger partial charge in [0.25, 0.3) is 0 Å². The van der Waals surface area contributed by atoms with E-state index in [-0.39, 0.29) is 0 Å². The lowest BCUT2D eigenvalue weighted by Crippen LogP contribution is -2.26. The SMILES string of the molecule is CC1CC[Si](C)(C)C1C. The summed E-state index contributed by atoms with van der Waals surface area (Å²) >= 11 is 0. The minimum Gasteiger partial charge on any atom is -0.0691 e. The van der Waals surface area contributed by atoms with E-state index < -0.39 is 8.07 Å². The van der Waals surface area contributed by atoms with Gasteiger partial charge in [0, 0.05) is 0 Å². The Kier molecular flexibility index (Phi) is 1.72. The Morgan fingerprint density at radius 3 is 1.89 bits per heavy atom. The Bertz CT molecular complexity index is 107. The number of rotatable bonds is 0. The van der Waals surface area contributed by atoms with E-state index in [0.717, 1.165) is 11.5 Å². The molecule has 0 aromatic carbocycles. The molecule has 0 aromatic heterocycles. The van der Waals surface area contributed by atoms with Crippen LogP contribution in [0.2, 0.25) is 24.7 Å². The lowest BCUT2D eigenvalue weighted by molar-refractivity contribution is 0.575. The van der Waals surface area contributed by atoms with Crippen LogP contribution in [0.3, 0.4) is 0 Å². The highest BCUT2D eigenvalue weighted by molar-refractivity contribution is 6.79. The standard InChI is InChI=1S/C8H18Si/c1-7-5-6-9(3,4)8(7)2/h7-8H,5-6H2,1-4H3. The Labute approximate surface area is 59.7 Å². The topological polar surface area (TPSA) is 0 Å². The maximum absolute atomic E-state index is 2.53. The van der Waals surface area contributed by atoms with Crippen LogP contribution in [0.4, 0.5) is 0 Å². The van der Waals surface area contributed by atoms with Gasteiger partial charge in [0.2, 0.25) is 0 Å². The van der Waals surface area contributed by atoms with Crippen molar-refractivity contribution < 1.29 is 0 Å². The van der Waals surface area contributed by atoms with Gasteiger partial charge in [-0.25, -0.2) is 0 Å². The van der Waals surface area contributed by atoms with Gasteiger partial charge in [-0.05, 0) is 11.5 Å². The Balaban J connectivity index is 2.62. The Hall–Kier alpha value is 0.217. The molecule has 0 spiro atoms. The normalized spacial score (nSPS) is 41.3. The molecule has 1 aliphatic rings. The van der Waals surface area contributed by atoms with Crippen LogP contribution in [0.1, 0.15) is 20.3 Å². The molecule has 0 amide bonds. The molecule has 2 atom stereocenters. The monoisotopic (exact) mass is 142 g/mol. The van der Waals surface area contributed by atoms with Crippen molar-refractivity contribution in [1.29, 1.82) is 0 Å². The molecule has 0 aliphatic carbocycles. The summed E-state index contributed by atoms with van der Waals surface area (Å²) in [5.41, 5.74) is 1.07. The van der Waals surface area contributed by atoms with E-state index in [1.807, 2.05) is 0 Å². The van der Waals surface area contributed by atoms with Crippen LogP contribution in [0.15, 0.2) is 0 Å². The zero-order chi connectivity index (χ0) is 7.07. The van der Waals surface area contributed by atoms with Crippen molar-refractivity contribution in [3.05, 3.63) is 0 Å². The van der Waals surface area contributed by atoms with Gasteiger partial charge in [-0.2, -0.15) is 0 Å². The molecule has 2 unspecified atom stereocenters. The van der Waals surface area contributed by atoms with E-state index in [4.69, 9.17) is 0 Å². The zero-order valence-electron chi connectivity index (χ0n) is 7.07. The third kappa shape index (κ3) is 1.21. The van der Waals surface area contributed by atoms with Crippen LogP contribution in [-0.4, -0.2) is 8.07 Å². The molecule has 1 saturated heterocycles. The van der Waals surface area contributed by atoms with Crippen molar-refractivity contribution in [3.8, 4) is 0 Å². The predicted octanol–water partition coefficient (Wildman–Crippen LogP) is 3.12. The van der Waals surface area contributed by atoms with Crippen molar-refractivity contribution in [2.75, 3.05) is 0 Å². The quantitative estimate of drug-likeness (QED) is 0.456. The first-order valence-corrected chi connectivity index (χ1v) is 7.32. The fourth-order valence-corrected chi connectivity index (χ4v) is 5.21. The first-order valence-electron chi connectivity index (χ1n) is 4.04.